The van der Waals surface area contributed by atoms with Crippen molar-refractivity contribution in [2.24, 2.45) is 5.92 Å². The summed E-state index contributed by atoms with van der Waals surface area (Å²) >= 11 is 0. The number of hydrogen-bond donors (Lipinski definition) is 1. The normalized spacial score (nSPS) is 18.3. The van der Waals surface area contributed by atoms with Gasteiger partial charge in [-0.3, -0.25) is 4.90 Å². The second-order valence-corrected chi connectivity index (χ2v) is 6.04. The summed E-state index contributed by atoms with van der Waals surface area (Å²) < 4.78 is 16.7. The molecule has 5 heteroatoms. The van der Waals surface area contributed by atoms with E-state index < -0.39 is 0 Å². The fourth-order valence-electron chi connectivity index (χ4n) is 3.40. The van der Waals surface area contributed by atoms with Crippen molar-refractivity contribution in [3.8, 4) is 17.2 Å². The van der Waals surface area contributed by atoms with Gasteiger partial charge in [-0.2, -0.15) is 0 Å². The van der Waals surface area contributed by atoms with Crippen LogP contribution in [0.2, 0.25) is 0 Å². The molecule has 0 spiro atoms. The van der Waals surface area contributed by atoms with Crippen molar-refractivity contribution in [1.82, 2.24) is 10.2 Å². The maximum absolute atomic E-state index is 5.73. The van der Waals surface area contributed by atoms with E-state index in [0.29, 0.717) is 23.5 Å². The summed E-state index contributed by atoms with van der Waals surface area (Å²) in [7, 11) is 5.01. The molecule has 1 aliphatic heterocycles. The van der Waals surface area contributed by atoms with Gasteiger partial charge in [0.25, 0.3) is 0 Å². The first-order chi connectivity index (χ1) is 11.2. The number of piperazine rings is 1. The summed E-state index contributed by atoms with van der Waals surface area (Å²) in [6.45, 7) is 8.71. The highest BCUT2D eigenvalue weighted by atomic mass is 16.5. The summed E-state index contributed by atoms with van der Waals surface area (Å²) in [5.41, 5.74) is 1.18. The van der Waals surface area contributed by atoms with Crippen molar-refractivity contribution in [1.29, 1.82) is 0 Å². The monoisotopic (exact) mass is 322 g/mol. The quantitative estimate of drug-likeness (QED) is 0.836. The second kappa shape index (κ2) is 8.41. The Morgan fingerprint density at radius 2 is 1.70 bits per heavy atom. The smallest absolute Gasteiger partial charge is 0.203 e. The zero-order valence-corrected chi connectivity index (χ0v) is 15.0. The Kier molecular flexibility index (Phi) is 6.54. The molecule has 1 fully saturated rings. The highest BCUT2D eigenvalue weighted by molar-refractivity contribution is 5.56. The predicted molar refractivity (Wildman–Crippen MR) is 92.7 cm³/mol. The minimum Gasteiger partial charge on any atom is -0.493 e. The number of rotatable bonds is 7. The van der Waals surface area contributed by atoms with Crippen molar-refractivity contribution >= 4 is 0 Å². The van der Waals surface area contributed by atoms with E-state index >= 15 is 0 Å². The van der Waals surface area contributed by atoms with Crippen molar-refractivity contribution in [2.45, 2.75) is 26.3 Å². The van der Waals surface area contributed by atoms with E-state index in [1.54, 1.807) is 21.3 Å². The largest absolute Gasteiger partial charge is 0.493 e. The van der Waals surface area contributed by atoms with Crippen LogP contribution in [0.25, 0.3) is 0 Å². The lowest BCUT2D eigenvalue weighted by Gasteiger charge is -2.39. The second-order valence-electron chi connectivity index (χ2n) is 6.04. The van der Waals surface area contributed by atoms with Crippen LogP contribution in [0.15, 0.2) is 12.1 Å². The third-order valence-corrected chi connectivity index (χ3v) is 4.78. The van der Waals surface area contributed by atoms with Gasteiger partial charge in [0.05, 0.1) is 21.3 Å². The average Bonchev–Trinajstić information content (AvgIpc) is 2.61. The van der Waals surface area contributed by atoms with E-state index in [1.165, 1.54) is 5.56 Å². The number of methoxy groups -OCH3 is 3. The molecule has 2 atom stereocenters. The molecule has 0 radical (unpaired) electrons. The Bertz CT molecular complexity index is 501. The molecule has 130 valence electrons. The minimum atomic E-state index is 0.317. The fourth-order valence-corrected chi connectivity index (χ4v) is 3.40. The molecule has 23 heavy (non-hydrogen) atoms. The summed E-state index contributed by atoms with van der Waals surface area (Å²) in [5.74, 6) is 2.70. The number of ether oxygens (including phenoxy) is 3. The number of hydrogen-bond acceptors (Lipinski definition) is 5. The highest BCUT2D eigenvalue weighted by Crippen LogP contribution is 2.45. The van der Waals surface area contributed by atoms with Crippen LogP contribution in [-0.2, 0) is 0 Å². The van der Waals surface area contributed by atoms with Gasteiger partial charge in [0, 0.05) is 37.8 Å². The molecule has 0 aromatic heterocycles. The molecule has 1 heterocycles. The van der Waals surface area contributed by atoms with Crippen LogP contribution in [0, 0.1) is 5.92 Å². The maximum atomic E-state index is 5.73. The lowest BCUT2D eigenvalue weighted by atomic mass is 9.89. The minimum absolute atomic E-state index is 0.317. The predicted octanol–water partition coefficient (Wildman–Crippen LogP) is 2.70. The first-order valence-corrected chi connectivity index (χ1v) is 8.41. The van der Waals surface area contributed by atoms with Crippen LogP contribution in [0.3, 0.4) is 0 Å². The highest BCUT2D eigenvalue weighted by Gasteiger charge is 2.31. The van der Waals surface area contributed by atoms with Crippen molar-refractivity contribution in [3.05, 3.63) is 17.7 Å². The van der Waals surface area contributed by atoms with E-state index in [2.05, 4.69) is 30.1 Å². The average molecular weight is 322 g/mol. The van der Waals surface area contributed by atoms with E-state index in [1.807, 2.05) is 6.07 Å². The van der Waals surface area contributed by atoms with E-state index in [4.69, 9.17) is 14.2 Å². The Balaban J connectivity index is 2.48. The molecule has 2 rings (SSSR count). The third kappa shape index (κ3) is 3.72. The van der Waals surface area contributed by atoms with Crippen LogP contribution >= 0.6 is 0 Å². The number of benzene rings is 1. The summed E-state index contributed by atoms with van der Waals surface area (Å²) in [5, 5.41) is 3.43. The van der Waals surface area contributed by atoms with E-state index in [-0.39, 0.29) is 0 Å². The molecule has 1 N–H and O–H groups in total. The topological polar surface area (TPSA) is 43.0 Å². The van der Waals surface area contributed by atoms with Crippen LogP contribution < -0.4 is 19.5 Å². The molecule has 1 saturated heterocycles. The van der Waals surface area contributed by atoms with Gasteiger partial charge in [0.15, 0.2) is 11.5 Å². The van der Waals surface area contributed by atoms with Crippen LogP contribution in [0.4, 0.5) is 0 Å². The molecule has 0 bridgehead atoms. The Labute approximate surface area is 139 Å². The Hall–Kier alpha value is -1.46. The van der Waals surface area contributed by atoms with Gasteiger partial charge < -0.3 is 19.5 Å². The summed E-state index contributed by atoms with van der Waals surface area (Å²) in [6.07, 6.45) is 1.12. The Morgan fingerprint density at radius 1 is 1.04 bits per heavy atom. The third-order valence-electron chi connectivity index (χ3n) is 4.78. The van der Waals surface area contributed by atoms with Crippen molar-refractivity contribution in [2.75, 3.05) is 47.5 Å². The van der Waals surface area contributed by atoms with Gasteiger partial charge in [0.2, 0.25) is 5.75 Å². The molecule has 0 saturated carbocycles. The zero-order valence-electron chi connectivity index (χ0n) is 15.0. The van der Waals surface area contributed by atoms with Gasteiger partial charge in [-0.25, -0.2) is 0 Å². The summed E-state index contributed by atoms with van der Waals surface area (Å²) in [4.78, 5) is 2.55. The summed E-state index contributed by atoms with van der Waals surface area (Å²) in [6, 6.07) is 4.42. The molecule has 1 aromatic rings. The molecular formula is C18H30N2O3. The maximum Gasteiger partial charge on any atom is 0.203 e. The van der Waals surface area contributed by atoms with Crippen LogP contribution in [0.1, 0.15) is 31.9 Å². The molecule has 0 amide bonds. The SMILES string of the molecule is CCC(C)[C@H](c1ccc(OC)c(OC)c1OC)N1CCNCC1. The zero-order chi connectivity index (χ0) is 16.8. The fraction of sp³-hybridized carbons (Fsp3) is 0.667. The number of nitrogens with one attached hydrogen (secondary N) is 1. The molecule has 0 aliphatic carbocycles. The van der Waals surface area contributed by atoms with Gasteiger partial charge in [0.1, 0.15) is 0 Å². The van der Waals surface area contributed by atoms with Gasteiger partial charge in [-0.05, 0) is 18.1 Å². The van der Waals surface area contributed by atoms with Gasteiger partial charge in [-0.1, -0.05) is 20.3 Å². The standard InChI is InChI=1S/C18H30N2O3/c1-6-13(2)16(20-11-9-19-10-12-20)14-7-8-15(21-3)18(23-5)17(14)22-4/h7-8,13,16,19H,6,9-12H2,1-5H3/t13?,16-/m1/s1. The van der Waals surface area contributed by atoms with Crippen molar-refractivity contribution in [3.63, 3.8) is 0 Å². The first-order valence-electron chi connectivity index (χ1n) is 8.41. The van der Waals surface area contributed by atoms with Gasteiger partial charge in [-0.15, -0.1) is 0 Å². The van der Waals surface area contributed by atoms with E-state index in [0.717, 1.165) is 38.3 Å². The lowest BCUT2D eigenvalue weighted by Crippen LogP contribution is -2.46. The number of nitrogens with zero attached hydrogens (tertiary/aromatic N) is 1. The van der Waals surface area contributed by atoms with Gasteiger partial charge >= 0.3 is 0 Å². The van der Waals surface area contributed by atoms with Crippen molar-refractivity contribution < 1.29 is 14.2 Å². The molecule has 1 aromatic carbocycles. The first kappa shape index (κ1) is 17.9. The molecule has 1 aliphatic rings. The Morgan fingerprint density at radius 3 is 2.22 bits per heavy atom. The van der Waals surface area contributed by atoms with E-state index in [9.17, 15) is 0 Å². The molecule has 5 nitrogen and oxygen atoms in total. The molecular weight excluding hydrogens is 292 g/mol. The lowest BCUT2D eigenvalue weighted by molar-refractivity contribution is 0.125. The van der Waals surface area contributed by atoms with Crippen LogP contribution in [0.5, 0.6) is 17.2 Å². The molecule has 1 unspecified atom stereocenters. The van der Waals surface area contributed by atoms with Crippen LogP contribution in [-0.4, -0.2) is 52.4 Å².